The van der Waals surface area contributed by atoms with Crippen molar-refractivity contribution < 1.29 is 18.8 Å². The van der Waals surface area contributed by atoms with Gasteiger partial charge in [-0.15, -0.1) is 11.3 Å². The fourth-order valence-corrected chi connectivity index (χ4v) is 3.54. The first-order valence-electron chi connectivity index (χ1n) is 10.1. The molecule has 2 heterocycles. The van der Waals surface area contributed by atoms with Crippen molar-refractivity contribution in [1.29, 1.82) is 0 Å². The van der Waals surface area contributed by atoms with E-state index in [4.69, 9.17) is 9.26 Å². The molecule has 3 aromatic rings. The number of hydrogen-bond acceptors (Lipinski definition) is 7. The number of esters is 1. The Kier molecular flexibility index (Phi) is 6.90. The minimum Gasteiger partial charge on any atom is -0.454 e. The van der Waals surface area contributed by atoms with Crippen LogP contribution in [0.1, 0.15) is 56.4 Å². The topological polar surface area (TPSA) is 94.3 Å². The minimum atomic E-state index is -0.797. The maximum absolute atomic E-state index is 12.7. The van der Waals surface area contributed by atoms with Crippen LogP contribution >= 0.6 is 11.3 Å². The number of benzene rings is 1. The van der Waals surface area contributed by atoms with Crippen molar-refractivity contribution in [3.8, 4) is 10.7 Å². The summed E-state index contributed by atoms with van der Waals surface area (Å²) >= 11 is 1.49. The molecule has 31 heavy (non-hydrogen) atoms. The van der Waals surface area contributed by atoms with Crippen LogP contribution in [0.2, 0.25) is 0 Å². The summed E-state index contributed by atoms with van der Waals surface area (Å²) in [7, 11) is 0. The summed E-state index contributed by atoms with van der Waals surface area (Å²) in [5.41, 5.74) is 1.62. The van der Waals surface area contributed by atoms with Gasteiger partial charge in [0.1, 0.15) is 6.04 Å². The number of nitrogens with zero attached hydrogens (tertiary/aromatic N) is 2. The molecule has 0 aliphatic rings. The van der Waals surface area contributed by atoms with Crippen LogP contribution in [0.3, 0.4) is 0 Å². The number of amides is 1. The Morgan fingerprint density at radius 1 is 1.16 bits per heavy atom. The Morgan fingerprint density at radius 2 is 1.87 bits per heavy atom. The molecule has 1 atom stereocenters. The highest BCUT2D eigenvalue weighted by Crippen LogP contribution is 2.23. The van der Waals surface area contributed by atoms with E-state index in [1.807, 2.05) is 43.5 Å². The van der Waals surface area contributed by atoms with E-state index in [9.17, 15) is 9.59 Å². The minimum absolute atomic E-state index is 0.00259. The van der Waals surface area contributed by atoms with E-state index in [1.54, 1.807) is 12.1 Å². The Labute approximate surface area is 185 Å². The molecular weight excluding hydrogens is 414 g/mol. The van der Waals surface area contributed by atoms with E-state index in [2.05, 4.69) is 36.2 Å². The predicted molar refractivity (Wildman–Crippen MR) is 119 cm³/mol. The second-order valence-electron chi connectivity index (χ2n) is 8.62. The van der Waals surface area contributed by atoms with Crippen molar-refractivity contribution in [2.24, 2.45) is 5.92 Å². The summed E-state index contributed by atoms with van der Waals surface area (Å²) in [6.07, 6.45) is 0. The second kappa shape index (κ2) is 9.43. The third-order valence-electron chi connectivity index (χ3n) is 4.77. The van der Waals surface area contributed by atoms with E-state index in [1.165, 1.54) is 11.3 Å². The van der Waals surface area contributed by atoms with Gasteiger partial charge in [-0.3, -0.25) is 4.79 Å². The zero-order valence-corrected chi connectivity index (χ0v) is 19.2. The molecule has 8 heteroatoms. The third-order valence-corrected chi connectivity index (χ3v) is 5.63. The van der Waals surface area contributed by atoms with Crippen molar-refractivity contribution >= 4 is 23.2 Å². The largest absolute Gasteiger partial charge is 0.454 e. The summed E-state index contributed by atoms with van der Waals surface area (Å²) < 4.78 is 10.5. The maximum atomic E-state index is 12.7. The lowest BCUT2D eigenvalue weighted by molar-refractivity contribution is -0.149. The molecule has 0 spiro atoms. The molecule has 0 aliphatic heterocycles. The quantitative estimate of drug-likeness (QED) is 0.539. The Hall–Kier alpha value is -3.00. The van der Waals surface area contributed by atoms with Crippen LogP contribution in [0.5, 0.6) is 0 Å². The number of nitrogens with one attached hydrogen (secondary N) is 1. The van der Waals surface area contributed by atoms with Crippen molar-refractivity contribution in [2.45, 2.75) is 52.7 Å². The molecule has 1 N–H and O–H groups in total. The molecular formula is C23H27N3O4S. The number of thiophene rings is 1. The molecule has 0 radical (unpaired) electrons. The highest BCUT2D eigenvalue weighted by atomic mass is 32.1. The van der Waals surface area contributed by atoms with E-state index in [-0.39, 0.29) is 29.7 Å². The highest BCUT2D eigenvalue weighted by Gasteiger charge is 2.27. The van der Waals surface area contributed by atoms with Crippen LogP contribution in [0.25, 0.3) is 10.7 Å². The van der Waals surface area contributed by atoms with Crippen LogP contribution in [-0.4, -0.2) is 28.1 Å². The van der Waals surface area contributed by atoms with Gasteiger partial charge in [-0.2, -0.15) is 4.98 Å². The van der Waals surface area contributed by atoms with Crippen molar-refractivity contribution in [1.82, 2.24) is 15.5 Å². The molecule has 3 rings (SSSR count). The Bertz CT molecular complexity index is 1020. The van der Waals surface area contributed by atoms with Gasteiger partial charge >= 0.3 is 5.97 Å². The van der Waals surface area contributed by atoms with Gasteiger partial charge in [0.15, 0.2) is 6.61 Å². The van der Waals surface area contributed by atoms with Crippen LogP contribution in [0.15, 0.2) is 46.3 Å². The fraction of sp³-hybridized carbons (Fsp3) is 0.391. The smallest absolute Gasteiger partial charge is 0.329 e. The van der Waals surface area contributed by atoms with Crippen LogP contribution < -0.4 is 5.32 Å². The third kappa shape index (κ3) is 5.79. The lowest BCUT2D eigenvalue weighted by Crippen LogP contribution is -2.45. The predicted octanol–water partition coefficient (Wildman–Crippen LogP) is 4.59. The van der Waals surface area contributed by atoms with Gasteiger partial charge < -0.3 is 14.6 Å². The van der Waals surface area contributed by atoms with Crippen molar-refractivity contribution in [3.05, 3.63) is 58.8 Å². The van der Waals surface area contributed by atoms with E-state index in [0.717, 1.165) is 10.4 Å². The number of carbonyl (C=O) groups is 2. The molecule has 1 amide bonds. The summed E-state index contributed by atoms with van der Waals surface area (Å²) in [4.78, 5) is 30.4. The Morgan fingerprint density at radius 3 is 2.45 bits per heavy atom. The average molecular weight is 442 g/mol. The monoisotopic (exact) mass is 441 g/mol. The summed E-state index contributed by atoms with van der Waals surface area (Å²) in [6, 6.07) is 10.4. The molecule has 0 unspecified atom stereocenters. The molecule has 0 bridgehead atoms. The average Bonchev–Trinajstić information content (AvgIpc) is 3.41. The van der Waals surface area contributed by atoms with Gasteiger partial charge in [-0.25, -0.2) is 4.79 Å². The van der Waals surface area contributed by atoms with Gasteiger partial charge in [-0.1, -0.05) is 58.0 Å². The van der Waals surface area contributed by atoms with E-state index in [0.29, 0.717) is 11.4 Å². The van der Waals surface area contributed by atoms with Crippen LogP contribution in [-0.2, 0) is 21.6 Å². The van der Waals surface area contributed by atoms with Gasteiger partial charge in [0, 0.05) is 5.56 Å². The number of ether oxygens (including phenoxy) is 1. The summed E-state index contributed by atoms with van der Waals surface area (Å²) in [5, 5.41) is 8.58. The molecule has 0 saturated carbocycles. The first-order valence-corrected chi connectivity index (χ1v) is 11.0. The van der Waals surface area contributed by atoms with Crippen LogP contribution in [0, 0.1) is 5.92 Å². The highest BCUT2D eigenvalue weighted by molar-refractivity contribution is 7.13. The van der Waals surface area contributed by atoms with Crippen LogP contribution in [0.4, 0.5) is 0 Å². The lowest BCUT2D eigenvalue weighted by Gasteiger charge is -2.21. The van der Waals surface area contributed by atoms with Gasteiger partial charge in [0.25, 0.3) is 11.8 Å². The molecule has 164 valence electrons. The zero-order chi connectivity index (χ0) is 22.6. The van der Waals surface area contributed by atoms with E-state index < -0.39 is 12.0 Å². The summed E-state index contributed by atoms with van der Waals surface area (Å²) in [6.45, 7) is 9.86. The zero-order valence-electron chi connectivity index (χ0n) is 18.3. The first-order chi connectivity index (χ1) is 14.6. The molecule has 2 aromatic heterocycles. The van der Waals surface area contributed by atoms with Crippen molar-refractivity contribution in [2.75, 3.05) is 0 Å². The second-order valence-corrected chi connectivity index (χ2v) is 9.57. The van der Waals surface area contributed by atoms with Crippen molar-refractivity contribution in [3.63, 3.8) is 0 Å². The molecule has 0 fully saturated rings. The first kappa shape index (κ1) is 22.7. The van der Waals surface area contributed by atoms with Gasteiger partial charge in [-0.05, 0) is 40.5 Å². The summed E-state index contributed by atoms with van der Waals surface area (Å²) in [5.74, 6) is -0.383. The molecule has 1 aromatic carbocycles. The lowest BCUT2D eigenvalue weighted by atomic mass is 9.86. The Balaban J connectivity index is 1.60. The number of hydrogen-bond donors (Lipinski definition) is 1. The molecule has 0 aliphatic carbocycles. The molecule has 0 saturated heterocycles. The molecule has 7 nitrogen and oxygen atoms in total. The number of carbonyl (C=O) groups excluding carboxylic acids is 2. The van der Waals surface area contributed by atoms with Gasteiger partial charge in [0.05, 0.1) is 4.88 Å². The fourth-order valence-electron chi connectivity index (χ4n) is 2.89. The number of aromatic nitrogens is 2. The SMILES string of the molecule is CC(C)[C@H](NC(=O)c1ccc(C(C)(C)C)cc1)C(=O)OCc1nc(-c2cccs2)no1. The van der Waals surface area contributed by atoms with Gasteiger partial charge in [0.2, 0.25) is 5.82 Å². The number of rotatable bonds is 7. The standard InChI is InChI=1S/C23H27N3O4S/c1-14(2)19(25-21(27)15-8-10-16(11-9-15)23(3,4)5)22(28)29-13-18-24-20(26-30-18)17-7-6-12-31-17/h6-12,14,19H,13H2,1-5H3,(H,25,27)/t19-/m0/s1. The normalized spacial score (nSPS) is 12.6. The van der Waals surface area contributed by atoms with E-state index >= 15 is 0 Å². The maximum Gasteiger partial charge on any atom is 0.329 e.